The van der Waals surface area contributed by atoms with Crippen LogP contribution in [0.15, 0.2) is 114 Å². The number of anilines is 3. The molecule has 0 amide bonds. The van der Waals surface area contributed by atoms with E-state index in [1.807, 2.05) is 11.3 Å². The molecule has 0 aliphatic heterocycles. The number of aldehydes is 1. The molecule has 3 heterocycles. The second kappa shape index (κ2) is 17.1. The molecule has 0 spiro atoms. The Morgan fingerprint density at radius 2 is 1.12 bits per heavy atom. The van der Waals surface area contributed by atoms with Gasteiger partial charge >= 0.3 is 0 Å². The summed E-state index contributed by atoms with van der Waals surface area (Å²) in [6, 6.07) is 38.8. The van der Waals surface area contributed by atoms with Gasteiger partial charge in [-0.25, -0.2) is 4.63 Å². The zero-order valence-corrected chi connectivity index (χ0v) is 31.6. The van der Waals surface area contributed by atoms with E-state index in [1.54, 1.807) is 0 Å². The molecule has 0 radical (unpaired) electrons. The van der Waals surface area contributed by atoms with Crippen molar-refractivity contribution in [2.75, 3.05) is 4.90 Å². The first-order valence-corrected chi connectivity index (χ1v) is 20.3. The molecule has 0 saturated carbocycles. The molecule has 0 atom stereocenters. The molecule has 0 fully saturated rings. The minimum absolute atomic E-state index is 0.736. The first kappa shape index (κ1) is 35.5. The van der Waals surface area contributed by atoms with Crippen molar-refractivity contribution in [1.29, 1.82) is 0 Å². The quantitative estimate of drug-likeness (QED) is 0.0691. The molecule has 0 saturated heterocycles. The summed E-state index contributed by atoms with van der Waals surface area (Å²) in [5, 5.41) is 8.84. The van der Waals surface area contributed by atoms with Crippen LogP contribution in [0.25, 0.3) is 42.4 Å². The van der Waals surface area contributed by atoms with Gasteiger partial charge in [0.2, 0.25) is 0 Å². The number of carbonyl (C=O) groups excluding carboxylic acids is 1. The van der Waals surface area contributed by atoms with Gasteiger partial charge in [0.15, 0.2) is 6.29 Å². The van der Waals surface area contributed by atoms with E-state index in [4.69, 9.17) is 4.63 Å². The highest BCUT2D eigenvalue weighted by molar-refractivity contribution is 7.19. The van der Waals surface area contributed by atoms with Crippen LogP contribution in [0.5, 0.6) is 0 Å². The Bertz CT molecular complexity index is 2160. The fraction of sp³-hybridized carbons (Fsp3) is 0.267. The van der Waals surface area contributed by atoms with Crippen molar-refractivity contribution in [3.05, 3.63) is 125 Å². The van der Waals surface area contributed by atoms with E-state index in [0.29, 0.717) is 0 Å². The van der Waals surface area contributed by atoms with E-state index >= 15 is 0 Å². The summed E-state index contributed by atoms with van der Waals surface area (Å²) in [6.07, 6.45) is 12.5. The zero-order valence-electron chi connectivity index (χ0n) is 30.0. The van der Waals surface area contributed by atoms with Crippen molar-refractivity contribution in [1.82, 2.24) is 10.3 Å². The highest BCUT2D eigenvalue weighted by Crippen LogP contribution is 2.44. The Hall–Kier alpha value is -4.85. The first-order valence-electron chi connectivity index (χ1n) is 18.7. The summed E-state index contributed by atoms with van der Waals surface area (Å²) in [5.74, 6) is 0. The number of nitrogens with zero attached hydrogens (tertiary/aromatic N) is 3. The van der Waals surface area contributed by atoms with E-state index in [9.17, 15) is 4.79 Å². The van der Waals surface area contributed by atoms with Gasteiger partial charge in [-0.2, -0.15) is 0 Å². The predicted octanol–water partition coefficient (Wildman–Crippen LogP) is 13.9. The number of thiophene rings is 2. The molecule has 7 heteroatoms. The molecule has 52 heavy (non-hydrogen) atoms. The smallest absolute Gasteiger partial charge is 0.160 e. The van der Waals surface area contributed by atoms with Crippen LogP contribution >= 0.6 is 22.7 Å². The minimum Gasteiger partial charge on any atom is -0.311 e. The Kier molecular flexibility index (Phi) is 11.7. The number of para-hydroxylation sites is 2. The Morgan fingerprint density at radius 3 is 1.67 bits per heavy atom. The van der Waals surface area contributed by atoms with E-state index in [-0.39, 0.29) is 0 Å². The number of hydrogen-bond acceptors (Lipinski definition) is 7. The fourth-order valence-corrected chi connectivity index (χ4v) is 9.27. The predicted molar refractivity (Wildman–Crippen MR) is 220 cm³/mol. The lowest BCUT2D eigenvalue weighted by molar-refractivity contribution is 0.112. The maximum absolute atomic E-state index is 12.0. The average molecular weight is 724 g/mol. The van der Waals surface area contributed by atoms with Gasteiger partial charge in [0.05, 0.1) is 4.88 Å². The maximum atomic E-state index is 12.0. The van der Waals surface area contributed by atoms with Crippen LogP contribution in [0.2, 0.25) is 0 Å². The number of rotatable bonds is 17. The van der Waals surface area contributed by atoms with E-state index < -0.39 is 0 Å². The summed E-state index contributed by atoms with van der Waals surface area (Å²) in [5.41, 5.74) is 10.5. The van der Waals surface area contributed by atoms with Crippen LogP contribution < -0.4 is 4.90 Å². The van der Waals surface area contributed by atoms with Gasteiger partial charge in [0.1, 0.15) is 11.0 Å². The van der Waals surface area contributed by atoms with Gasteiger partial charge in [-0.3, -0.25) is 4.79 Å². The summed E-state index contributed by atoms with van der Waals surface area (Å²) < 4.78 is 5.40. The molecule has 5 nitrogen and oxygen atoms in total. The third-order valence-electron chi connectivity index (χ3n) is 9.72. The number of aryl methyl sites for hydroxylation is 2. The molecule has 0 aliphatic carbocycles. The Morgan fingerprint density at radius 1 is 0.596 bits per heavy atom. The molecular formula is C45H45N3O2S2. The Balaban J connectivity index is 1.23. The maximum Gasteiger partial charge on any atom is 0.160 e. The molecular weight excluding hydrogens is 679 g/mol. The zero-order chi connectivity index (χ0) is 35.7. The average Bonchev–Trinajstić information content (AvgIpc) is 3.95. The number of benzene rings is 4. The third kappa shape index (κ3) is 7.81. The van der Waals surface area contributed by atoms with Gasteiger partial charge in [-0.15, -0.1) is 22.7 Å². The van der Waals surface area contributed by atoms with Crippen LogP contribution in [0.4, 0.5) is 17.1 Å². The van der Waals surface area contributed by atoms with Crippen molar-refractivity contribution in [3.63, 3.8) is 0 Å². The van der Waals surface area contributed by atoms with Gasteiger partial charge in [-0.1, -0.05) is 113 Å². The number of aromatic nitrogens is 2. The molecule has 0 bridgehead atoms. The molecule has 0 unspecified atom stereocenters. The molecule has 0 N–H and O–H groups in total. The second-order valence-electron chi connectivity index (χ2n) is 13.4. The largest absolute Gasteiger partial charge is 0.311 e. The van der Waals surface area contributed by atoms with Gasteiger partial charge in [-0.05, 0) is 101 Å². The summed E-state index contributed by atoms with van der Waals surface area (Å²) >= 11 is 3.35. The summed E-state index contributed by atoms with van der Waals surface area (Å²) in [7, 11) is 0. The number of carbonyl (C=O) groups is 1. The first-order chi connectivity index (χ1) is 25.7. The highest BCUT2D eigenvalue weighted by atomic mass is 32.1. The summed E-state index contributed by atoms with van der Waals surface area (Å²) in [6.45, 7) is 4.48. The van der Waals surface area contributed by atoms with Crippen molar-refractivity contribution < 1.29 is 9.42 Å². The number of fused-ring (bicyclic) bond motifs is 1. The monoisotopic (exact) mass is 723 g/mol. The lowest BCUT2D eigenvalue weighted by Gasteiger charge is -2.25. The standard InChI is InChI=1S/C45H45N3O2S2/c1-3-5-7-11-17-33-29-40(51-42(33)31-49)38-27-28-39(44-43(38)46-50-47-44)41-30-34(18-12-8-6-4-2)45(52-41)32-23-25-37(26-24-32)48(35-19-13-9-14-20-35)36-21-15-10-16-22-36/h9-10,13-16,19-31H,3-8,11-12,17-18H2,1-2H3. The Labute approximate surface area is 314 Å². The normalized spacial score (nSPS) is 11.3. The van der Waals surface area contributed by atoms with Crippen LogP contribution in [0.1, 0.15) is 86.0 Å². The SMILES string of the molecule is CCCCCCc1cc(-c2ccc(-c3cc(CCCCCC)c(-c4ccc(N(c5ccccc5)c5ccccc5)cc4)s3)c3nonc23)sc1C=O. The number of hydrogen-bond donors (Lipinski definition) is 0. The molecule has 4 aromatic carbocycles. The highest BCUT2D eigenvalue weighted by Gasteiger charge is 2.21. The van der Waals surface area contributed by atoms with Gasteiger partial charge in [0.25, 0.3) is 0 Å². The van der Waals surface area contributed by atoms with Crippen LogP contribution in [-0.4, -0.2) is 16.6 Å². The van der Waals surface area contributed by atoms with Crippen LogP contribution in [0, 0.1) is 0 Å². The van der Waals surface area contributed by atoms with E-state index in [2.05, 4.69) is 138 Å². The second-order valence-corrected chi connectivity index (χ2v) is 15.5. The van der Waals surface area contributed by atoms with Crippen LogP contribution in [0.3, 0.4) is 0 Å². The molecule has 0 aliphatic rings. The molecule has 264 valence electrons. The van der Waals surface area contributed by atoms with Crippen molar-refractivity contribution >= 4 is 57.1 Å². The molecule has 3 aromatic heterocycles. The summed E-state index contributed by atoms with van der Waals surface area (Å²) in [4.78, 5) is 18.6. The third-order valence-corrected chi connectivity index (χ3v) is 12.1. The van der Waals surface area contributed by atoms with Gasteiger partial charge in [0, 0.05) is 42.8 Å². The lowest BCUT2D eigenvalue weighted by Crippen LogP contribution is -2.09. The topological polar surface area (TPSA) is 59.2 Å². The minimum atomic E-state index is 0.736. The van der Waals surface area contributed by atoms with Crippen molar-refractivity contribution in [2.45, 2.75) is 78.1 Å². The molecule has 7 rings (SSSR count). The molecule has 7 aromatic rings. The van der Waals surface area contributed by atoms with E-state index in [1.165, 1.54) is 65.9 Å². The van der Waals surface area contributed by atoms with E-state index in [0.717, 1.165) is 91.4 Å². The van der Waals surface area contributed by atoms with Gasteiger partial charge < -0.3 is 4.90 Å². The van der Waals surface area contributed by atoms with Crippen molar-refractivity contribution in [2.24, 2.45) is 0 Å². The fourth-order valence-electron chi connectivity index (χ4n) is 6.97. The lowest BCUT2D eigenvalue weighted by atomic mass is 10.0. The number of unbranched alkanes of at least 4 members (excludes halogenated alkanes) is 6. The van der Waals surface area contributed by atoms with Crippen LogP contribution in [-0.2, 0) is 12.8 Å². The van der Waals surface area contributed by atoms with Crippen molar-refractivity contribution in [3.8, 4) is 31.3 Å².